The summed E-state index contributed by atoms with van der Waals surface area (Å²) < 4.78 is 28.1. The van der Waals surface area contributed by atoms with E-state index in [9.17, 15) is 18.0 Å². The highest BCUT2D eigenvalue weighted by Crippen LogP contribution is 2.21. The van der Waals surface area contributed by atoms with Crippen molar-refractivity contribution in [2.45, 2.75) is 30.1 Å². The highest BCUT2D eigenvalue weighted by Gasteiger charge is 2.11. The van der Waals surface area contributed by atoms with Crippen LogP contribution < -0.4 is 5.32 Å². The Bertz CT molecular complexity index is 970. The van der Waals surface area contributed by atoms with Gasteiger partial charge in [0, 0.05) is 22.6 Å². The van der Waals surface area contributed by atoms with E-state index in [1.54, 1.807) is 17.8 Å². The van der Waals surface area contributed by atoms with E-state index < -0.39 is 28.3 Å². The summed E-state index contributed by atoms with van der Waals surface area (Å²) in [5, 5.41) is 2.52. The van der Waals surface area contributed by atoms with E-state index in [2.05, 4.69) is 11.4 Å². The van der Waals surface area contributed by atoms with Gasteiger partial charge < -0.3 is 10.1 Å². The van der Waals surface area contributed by atoms with Crippen molar-refractivity contribution in [3.63, 3.8) is 0 Å². The van der Waals surface area contributed by atoms with Crippen molar-refractivity contribution in [2.24, 2.45) is 0 Å². The van der Waals surface area contributed by atoms with E-state index in [-0.39, 0.29) is 11.3 Å². The molecule has 0 heterocycles. The standard InChI is InChI=1S/C20H23NO5S2/c1-14-7-8-17(11-15(14)2)27-10-9-20(23)26-13-19(22)21-16-5-4-6-18(12-16)28(3,24)25/h4-8,11-12H,9-10,13H2,1-3H3,(H,21,22). The minimum absolute atomic E-state index is 0.102. The summed E-state index contributed by atoms with van der Waals surface area (Å²) in [5.41, 5.74) is 2.75. The second-order valence-electron chi connectivity index (χ2n) is 6.35. The van der Waals surface area contributed by atoms with E-state index >= 15 is 0 Å². The van der Waals surface area contributed by atoms with Gasteiger partial charge in [0.15, 0.2) is 16.4 Å². The van der Waals surface area contributed by atoms with Gasteiger partial charge in [0.1, 0.15) is 0 Å². The number of anilines is 1. The summed E-state index contributed by atoms with van der Waals surface area (Å²) in [6.45, 7) is 3.66. The Morgan fingerprint density at radius 2 is 1.82 bits per heavy atom. The van der Waals surface area contributed by atoms with Crippen LogP contribution in [0.5, 0.6) is 0 Å². The quantitative estimate of drug-likeness (QED) is 0.519. The molecule has 0 atom stereocenters. The summed E-state index contributed by atoms with van der Waals surface area (Å²) >= 11 is 1.55. The maximum absolute atomic E-state index is 11.9. The third-order valence-corrected chi connectivity index (χ3v) is 6.07. The number of benzene rings is 2. The summed E-state index contributed by atoms with van der Waals surface area (Å²) in [6.07, 6.45) is 1.28. The Morgan fingerprint density at radius 3 is 2.50 bits per heavy atom. The van der Waals surface area contributed by atoms with Crippen molar-refractivity contribution in [3.8, 4) is 0 Å². The van der Waals surface area contributed by atoms with Gasteiger partial charge in [-0.05, 0) is 55.3 Å². The predicted molar refractivity (Wildman–Crippen MR) is 110 cm³/mol. The third-order valence-electron chi connectivity index (χ3n) is 3.96. The summed E-state index contributed by atoms with van der Waals surface area (Å²) in [7, 11) is -3.36. The lowest BCUT2D eigenvalue weighted by atomic mass is 10.1. The third kappa shape index (κ3) is 7.01. The smallest absolute Gasteiger partial charge is 0.307 e. The second kappa shape index (κ2) is 9.75. The minimum Gasteiger partial charge on any atom is -0.456 e. The van der Waals surface area contributed by atoms with Gasteiger partial charge in [0.25, 0.3) is 5.91 Å². The fourth-order valence-corrected chi connectivity index (χ4v) is 3.87. The molecule has 2 aromatic rings. The monoisotopic (exact) mass is 421 g/mol. The molecule has 2 rings (SSSR count). The molecule has 0 aliphatic rings. The Kier molecular flexibility index (Phi) is 7.65. The summed E-state index contributed by atoms with van der Waals surface area (Å²) in [4.78, 5) is 24.9. The van der Waals surface area contributed by atoms with Gasteiger partial charge in [-0.15, -0.1) is 11.8 Å². The van der Waals surface area contributed by atoms with Crippen LogP contribution in [0.1, 0.15) is 17.5 Å². The fraction of sp³-hybridized carbons (Fsp3) is 0.300. The van der Waals surface area contributed by atoms with Crippen molar-refractivity contribution in [2.75, 3.05) is 23.9 Å². The first-order valence-corrected chi connectivity index (χ1v) is 11.5. The Hall–Kier alpha value is -2.32. The topological polar surface area (TPSA) is 89.5 Å². The number of nitrogens with one attached hydrogen (secondary N) is 1. The molecule has 0 aliphatic heterocycles. The van der Waals surface area contributed by atoms with Crippen LogP contribution >= 0.6 is 11.8 Å². The molecule has 0 aliphatic carbocycles. The van der Waals surface area contributed by atoms with Crippen LogP contribution in [0.15, 0.2) is 52.3 Å². The van der Waals surface area contributed by atoms with E-state index in [0.717, 1.165) is 11.2 Å². The van der Waals surface area contributed by atoms with Crippen LogP contribution in [0.3, 0.4) is 0 Å². The Morgan fingerprint density at radius 1 is 1.07 bits per heavy atom. The zero-order valence-electron chi connectivity index (χ0n) is 16.0. The van der Waals surface area contributed by atoms with Gasteiger partial charge in [0.2, 0.25) is 0 Å². The molecule has 0 saturated heterocycles. The number of amides is 1. The molecular weight excluding hydrogens is 398 g/mol. The minimum atomic E-state index is -3.36. The number of sulfone groups is 1. The highest BCUT2D eigenvalue weighted by atomic mass is 32.2. The molecule has 1 amide bonds. The molecule has 0 spiro atoms. The highest BCUT2D eigenvalue weighted by molar-refractivity contribution is 7.99. The normalized spacial score (nSPS) is 11.1. The van der Waals surface area contributed by atoms with Crippen molar-refractivity contribution in [3.05, 3.63) is 53.6 Å². The van der Waals surface area contributed by atoms with E-state index in [1.807, 2.05) is 26.0 Å². The van der Waals surface area contributed by atoms with E-state index in [4.69, 9.17) is 4.74 Å². The average Bonchev–Trinajstić information content (AvgIpc) is 2.62. The lowest BCUT2D eigenvalue weighted by molar-refractivity contribution is -0.146. The zero-order chi connectivity index (χ0) is 20.7. The first-order valence-electron chi connectivity index (χ1n) is 8.61. The van der Waals surface area contributed by atoms with Crippen molar-refractivity contribution in [1.82, 2.24) is 0 Å². The number of thioether (sulfide) groups is 1. The number of carbonyl (C=O) groups excluding carboxylic acids is 2. The Labute approximate surface area is 169 Å². The molecule has 0 fully saturated rings. The molecule has 1 N–H and O–H groups in total. The lowest BCUT2D eigenvalue weighted by Crippen LogP contribution is -2.21. The van der Waals surface area contributed by atoms with Crippen LogP contribution in [0.2, 0.25) is 0 Å². The first kappa shape index (κ1) is 22.0. The molecular formula is C20H23NO5S2. The molecule has 2 aromatic carbocycles. The van der Waals surface area contributed by atoms with Gasteiger partial charge in [-0.3, -0.25) is 9.59 Å². The molecule has 0 aromatic heterocycles. The number of hydrogen-bond donors (Lipinski definition) is 1. The maximum Gasteiger partial charge on any atom is 0.307 e. The lowest BCUT2D eigenvalue weighted by Gasteiger charge is -2.08. The number of rotatable bonds is 8. The molecule has 0 saturated carbocycles. The van der Waals surface area contributed by atoms with Crippen LogP contribution in [0.25, 0.3) is 0 Å². The average molecular weight is 422 g/mol. The van der Waals surface area contributed by atoms with Crippen molar-refractivity contribution >= 4 is 39.2 Å². The van der Waals surface area contributed by atoms with E-state index in [1.165, 1.54) is 29.3 Å². The van der Waals surface area contributed by atoms with Gasteiger partial charge in [-0.25, -0.2) is 8.42 Å². The number of hydrogen-bond acceptors (Lipinski definition) is 6. The molecule has 150 valence electrons. The van der Waals surface area contributed by atoms with Crippen molar-refractivity contribution in [1.29, 1.82) is 0 Å². The first-order chi connectivity index (χ1) is 13.1. The van der Waals surface area contributed by atoms with Gasteiger partial charge >= 0.3 is 5.97 Å². The summed E-state index contributed by atoms with van der Waals surface area (Å²) in [6, 6.07) is 12.0. The predicted octanol–water partition coefficient (Wildman–Crippen LogP) is 3.37. The maximum atomic E-state index is 11.9. The zero-order valence-corrected chi connectivity index (χ0v) is 17.7. The van der Waals surface area contributed by atoms with Gasteiger partial charge in [-0.1, -0.05) is 12.1 Å². The SMILES string of the molecule is Cc1ccc(SCCC(=O)OCC(=O)Nc2cccc(S(C)(=O)=O)c2)cc1C. The van der Waals surface area contributed by atoms with Crippen LogP contribution in [0, 0.1) is 13.8 Å². The fourth-order valence-electron chi connectivity index (χ4n) is 2.28. The van der Waals surface area contributed by atoms with Gasteiger partial charge in [-0.2, -0.15) is 0 Å². The second-order valence-corrected chi connectivity index (χ2v) is 9.54. The number of carbonyl (C=O) groups is 2. The molecule has 0 bridgehead atoms. The van der Waals surface area contributed by atoms with Crippen LogP contribution in [-0.2, 0) is 24.2 Å². The molecule has 0 radical (unpaired) electrons. The molecule has 6 nitrogen and oxygen atoms in total. The van der Waals surface area contributed by atoms with E-state index in [0.29, 0.717) is 11.4 Å². The number of aryl methyl sites for hydroxylation is 2. The summed E-state index contributed by atoms with van der Waals surface area (Å²) in [5.74, 6) is -0.434. The number of ether oxygens (including phenoxy) is 1. The van der Waals surface area contributed by atoms with Gasteiger partial charge in [0.05, 0.1) is 11.3 Å². The van der Waals surface area contributed by atoms with Crippen molar-refractivity contribution < 1.29 is 22.7 Å². The number of esters is 1. The van der Waals surface area contributed by atoms with Crippen LogP contribution in [-0.4, -0.2) is 38.9 Å². The molecule has 8 heteroatoms. The Balaban J connectivity index is 1.75. The molecule has 28 heavy (non-hydrogen) atoms. The molecule has 0 unspecified atom stereocenters. The largest absolute Gasteiger partial charge is 0.456 e. The van der Waals surface area contributed by atoms with Crippen LogP contribution in [0.4, 0.5) is 5.69 Å².